The number of carbonyl (C=O) groups excluding carboxylic acids is 1. The molecule has 6 nitrogen and oxygen atoms in total. The molecule has 0 saturated heterocycles. The molecular formula is C13H12ClN5OS. The molecule has 0 atom stereocenters. The van der Waals surface area contributed by atoms with E-state index in [9.17, 15) is 4.79 Å². The van der Waals surface area contributed by atoms with Gasteiger partial charge in [-0.3, -0.25) is 14.3 Å². The maximum Gasteiger partial charge on any atom is 0.244 e. The van der Waals surface area contributed by atoms with Gasteiger partial charge in [0.1, 0.15) is 0 Å². The summed E-state index contributed by atoms with van der Waals surface area (Å²) in [5.41, 5.74) is 2.60. The van der Waals surface area contributed by atoms with Gasteiger partial charge in [0, 0.05) is 35.5 Å². The molecule has 0 radical (unpaired) electrons. The van der Waals surface area contributed by atoms with Gasteiger partial charge in [-0.25, -0.2) is 4.98 Å². The number of imidazole rings is 1. The van der Waals surface area contributed by atoms with Crippen LogP contribution in [0.2, 0.25) is 5.15 Å². The smallest absolute Gasteiger partial charge is 0.244 e. The summed E-state index contributed by atoms with van der Waals surface area (Å²) in [4.78, 5) is 16.8. The Bertz CT molecular complexity index is 816. The number of nitrogens with zero attached hydrogens (tertiary/aromatic N) is 3. The molecule has 3 aromatic heterocycles. The second kappa shape index (κ2) is 5.71. The number of nitrogens with one attached hydrogen (secondary N) is 2. The Morgan fingerprint density at radius 1 is 1.62 bits per heavy atom. The average molecular weight is 322 g/mol. The number of H-pyrrole nitrogens is 1. The number of aromatic nitrogens is 4. The first-order valence-electron chi connectivity index (χ1n) is 6.21. The number of hydrogen-bond donors (Lipinski definition) is 2. The number of amides is 1. The van der Waals surface area contributed by atoms with Crippen molar-refractivity contribution in [2.24, 2.45) is 0 Å². The van der Waals surface area contributed by atoms with Crippen molar-refractivity contribution in [2.45, 2.75) is 13.5 Å². The van der Waals surface area contributed by atoms with Gasteiger partial charge in [-0.05, 0) is 13.0 Å². The Morgan fingerprint density at radius 2 is 2.48 bits per heavy atom. The second-order valence-corrected chi connectivity index (χ2v) is 5.65. The van der Waals surface area contributed by atoms with Crippen LogP contribution in [-0.4, -0.2) is 25.5 Å². The van der Waals surface area contributed by atoms with E-state index in [0.29, 0.717) is 17.4 Å². The molecule has 8 heteroatoms. The molecule has 3 aromatic rings. The molecule has 0 aromatic carbocycles. The summed E-state index contributed by atoms with van der Waals surface area (Å²) in [5, 5.41) is 11.8. The molecule has 3 rings (SSSR count). The van der Waals surface area contributed by atoms with Crippen LogP contribution in [0.1, 0.15) is 17.0 Å². The van der Waals surface area contributed by atoms with Gasteiger partial charge in [0.2, 0.25) is 5.91 Å². The molecule has 0 aliphatic carbocycles. The lowest BCUT2D eigenvalue weighted by atomic mass is 10.2. The van der Waals surface area contributed by atoms with Crippen LogP contribution in [-0.2, 0) is 11.3 Å². The van der Waals surface area contributed by atoms with Gasteiger partial charge in [0.15, 0.2) is 10.1 Å². The Labute approximate surface area is 129 Å². The molecule has 0 saturated carbocycles. The van der Waals surface area contributed by atoms with Crippen LogP contribution < -0.4 is 5.32 Å². The normalized spacial score (nSPS) is 11.5. The molecule has 0 bridgehead atoms. The van der Waals surface area contributed by atoms with Crippen molar-refractivity contribution >= 4 is 39.9 Å². The van der Waals surface area contributed by atoms with Gasteiger partial charge >= 0.3 is 0 Å². The summed E-state index contributed by atoms with van der Waals surface area (Å²) >= 11 is 7.54. The highest BCUT2D eigenvalue weighted by molar-refractivity contribution is 7.15. The van der Waals surface area contributed by atoms with Crippen molar-refractivity contribution in [2.75, 3.05) is 0 Å². The minimum Gasteiger partial charge on any atom is -0.348 e. The Balaban J connectivity index is 1.68. The summed E-state index contributed by atoms with van der Waals surface area (Å²) in [6.07, 6.45) is 6.67. The highest BCUT2D eigenvalue weighted by Crippen LogP contribution is 2.22. The number of hydrogen-bond acceptors (Lipinski definition) is 4. The van der Waals surface area contributed by atoms with Gasteiger partial charge in [0.25, 0.3) is 0 Å². The van der Waals surface area contributed by atoms with Crippen molar-refractivity contribution in [3.63, 3.8) is 0 Å². The molecule has 1 amide bonds. The maximum absolute atomic E-state index is 11.8. The fourth-order valence-corrected chi connectivity index (χ4v) is 2.88. The number of carbonyl (C=O) groups is 1. The lowest BCUT2D eigenvalue weighted by Crippen LogP contribution is -2.20. The summed E-state index contributed by atoms with van der Waals surface area (Å²) in [7, 11) is 0. The van der Waals surface area contributed by atoms with Crippen molar-refractivity contribution in [1.82, 2.24) is 24.9 Å². The zero-order valence-electron chi connectivity index (χ0n) is 11.1. The van der Waals surface area contributed by atoms with E-state index in [-0.39, 0.29) is 5.91 Å². The highest BCUT2D eigenvalue weighted by atomic mass is 35.5. The summed E-state index contributed by atoms with van der Waals surface area (Å²) in [6, 6.07) is 0. The van der Waals surface area contributed by atoms with Crippen LogP contribution in [0.25, 0.3) is 11.0 Å². The number of fused-ring (bicyclic) bond motifs is 1. The lowest BCUT2D eigenvalue weighted by Gasteiger charge is -2.00. The van der Waals surface area contributed by atoms with E-state index in [1.807, 2.05) is 22.9 Å². The number of halogens is 1. The van der Waals surface area contributed by atoms with Crippen molar-refractivity contribution in [1.29, 1.82) is 0 Å². The predicted octanol–water partition coefficient (Wildman–Crippen LogP) is 2.41. The Kier molecular flexibility index (Phi) is 3.76. The van der Waals surface area contributed by atoms with Crippen molar-refractivity contribution < 1.29 is 4.79 Å². The van der Waals surface area contributed by atoms with E-state index in [1.54, 1.807) is 12.3 Å². The number of aromatic amines is 1. The predicted molar refractivity (Wildman–Crippen MR) is 82.3 cm³/mol. The molecule has 0 aliphatic rings. The van der Waals surface area contributed by atoms with Crippen LogP contribution in [0.15, 0.2) is 23.8 Å². The minimum absolute atomic E-state index is 0.197. The number of rotatable bonds is 4. The zero-order chi connectivity index (χ0) is 14.8. The quantitative estimate of drug-likeness (QED) is 0.725. The third-order valence-electron chi connectivity index (χ3n) is 3.03. The summed E-state index contributed by atoms with van der Waals surface area (Å²) in [5.74, 6) is -0.197. The summed E-state index contributed by atoms with van der Waals surface area (Å²) < 4.78 is 1.84. The van der Waals surface area contributed by atoms with Gasteiger partial charge in [0.05, 0.1) is 11.9 Å². The monoisotopic (exact) mass is 321 g/mol. The molecule has 3 heterocycles. The van der Waals surface area contributed by atoms with Crippen molar-refractivity contribution in [3.05, 3.63) is 46.0 Å². The molecule has 108 valence electrons. The average Bonchev–Trinajstić information content (AvgIpc) is 3.12. The third-order valence-corrected chi connectivity index (χ3v) is 4.07. The van der Waals surface area contributed by atoms with Crippen LogP contribution in [0, 0.1) is 6.92 Å². The Morgan fingerprint density at radius 3 is 3.24 bits per heavy atom. The van der Waals surface area contributed by atoms with E-state index in [2.05, 4.69) is 20.5 Å². The van der Waals surface area contributed by atoms with E-state index in [0.717, 1.165) is 16.2 Å². The van der Waals surface area contributed by atoms with Crippen molar-refractivity contribution in [3.8, 4) is 0 Å². The molecular weight excluding hydrogens is 310 g/mol. The van der Waals surface area contributed by atoms with E-state index in [4.69, 9.17) is 11.6 Å². The summed E-state index contributed by atoms with van der Waals surface area (Å²) in [6.45, 7) is 2.34. The largest absolute Gasteiger partial charge is 0.348 e. The van der Waals surface area contributed by atoms with E-state index < -0.39 is 0 Å². The van der Waals surface area contributed by atoms with Gasteiger partial charge in [-0.15, -0.1) is 11.3 Å². The van der Waals surface area contributed by atoms with Crippen LogP contribution >= 0.6 is 22.9 Å². The standard InChI is InChI=1S/C13H12ClN5OS/c1-8-9(7-16-18-8)6-15-11(20)3-2-10-12(14)17-13-19(10)4-5-21-13/h2-5,7H,6H2,1H3,(H,15,20)(H,16,18)/b3-2+. The fourth-order valence-electron chi connectivity index (χ4n) is 1.88. The maximum atomic E-state index is 11.8. The van der Waals surface area contributed by atoms with Crippen LogP contribution in [0.5, 0.6) is 0 Å². The molecule has 0 unspecified atom stereocenters. The zero-order valence-corrected chi connectivity index (χ0v) is 12.7. The van der Waals surface area contributed by atoms with Gasteiger partial charge in [-0.2, -0.15) is 5.10 Å². The molecule has 21 heavy (non-hydrogen) atoms. The molecule has 0 fully saturated rings. The van der Waals surface area contributed by atoms with Gasteiger partial charge in [-0.1, -0.05) is 11.6 Å². The van der Waals surface area contributed by atoms with E-state index in [1.165, 1.54) is 17.4 Å². The minimum atomic E-state index is -0.197. The lowest BCUT2D eigenvalue weighted by molar-refractivity contribution is -0.116. The van der Waals surface area contributed by atoms with E-state index >= 15 is 0 Å². The molecule has 2 N–H and O–H groups in total. The number of aryl methyl sites for hydroxylation is 1. The first kappa shape index (κ1) is 13.8. The molecule has 0 aliphatic heterocycles. The van der Waals surface area contributed by atoms with Crippen LogP contribution in [0.4, 0.5) is 0 Å². The fraction of sp³-hybridized carbons (Fsp3) is 0.154. The number of thiazole rings is 1. The first-order chi connectivity index (χ1) is 10.1. The third kappa shape index (κ3) is 2.84. The highest BCUT2D eigenvalue weighted by Gasteiger charge is 2.08. The SMILES string of the molecule is Cc1[nH]ncc1CNC(=O)/C=C/c1c(Cl)nc2sccn12. The topological polar surface area (TPSA) is 75.1 Å². The van der Waals surface area contributed by atoms with Crippen LogP contribution in [0.3, 0.4) is 0 Å². The molecule has 0 spiro atoms. The first-order valence-corrected chi connectivity index (χ1v) is 7.46. The Hall–Kier alpha value is -2.12. The second-order valence-electron chi connectivity index (χ2n) is 4.41. The van der Waals surface area contributed by atoms with Gasteiger partial charge < -0.3 is 5.32 Å².